The standard InChI is InChI=1S/C10H6O3S2/c11-9(10(12)13)8-2-1-7(15-8)6-3-4-14-5-6/h1-5H,(H,12,13). The molecule has 0 radical (unpaired) electrons. The fraction of sp³-hybridized carbons (Fsp3) is 0. The van der Waals surface area contributed by atoms with Crippen LogP contribution in [0.15, 0.2) is 29.0 Å². The van der Waals surface area contributed by atoms with Gasteiger partial charge in [0, 0.05) is 10.4 Å². The Bertz CT molecular complexity index is 496. The molecule has 2 heterocycles. The molecule has 3 nitrogen and oxygen atoms in total. The molecule has 2 rings (SSSR count). The summed E-state index contributed by atoms with van der Waals surface area (Å²) < 4.78 is 0. The lowest BCUT2D eigenvalue weighted by Gasteiger charge is -1.89. The summed E-state index contributed by atoms with van der Waals surface area (Å²) in [5, 5.41) is 12.4. The molecule has 0 saturated heterocycles. The maximum absolute atomic E-state index is 11.1. The summed E-state index contributed by atoms with van der Waals surface area (Å²) in [5.41, 5.74) is 1.02. The lowest BCUT2D eigenvalue weighted by molar-refractivity contribution is -0.131. The Hall–Kier alpha value is -1.46. The molecule has 0 aliphatic rings. The fourth-order valence-corrected chi connectivity index (χ4v) is 2.79. The van der Waals surface area contributed by atoms with Crippen molar-refractivity contribution in [3.05, 3.63) is 33.8 Å². The van der Waals surface area contributed by atoms with E-state index >= 15 is 0 Å². The van der Waals surface area contributed by atoms with Crippen molar-refractivity contribution in [3.8, 4) is 10.4 Å². The average Bonchev–Trinajstić information content (AvgIpc) is 2.86. The van der Waals surface area contributed by atoms with Crippen molar-refractivity contribution >= 4 is 34.4 Å². The van der Waals surface area contributed by atoms with E-state index in [1.807, 2.05) is 16.8 Å². The predicted octanol–water partition coefficient (Wildman–Crippen LogP) is 2.74. The molecule has 0 aromatic carbocycles. The second kappa shape index (κ2) is 3.96. The van der Waals surface area contributed by atoms with Gasteiger partial charge in [-0.1, -0.05) is 0 Å². The normalized spacial score (nSPS) is 10.1. The van der Waals surface area contributed by atoms with Crippen LogP contribution in [-0.4, -0.2) is 16.9 Å². The molecule has 0 amide bonds. The molecule has 2 aromatic rings. The lowest BCUT2D eigenvalue weighted by Crippen LogP contribution is -2.10. The van der Waals surface area contributed by atoms with Crippen LogP contribution in [0.5, 0.6) is 0 Å². The van der Waals surface area contributed by atoms with Gasteiger partial charge in [-0.3, -0.25) is 4.79 Å². The van der Waals surface area contributed by atoms with Crippen LogP contribution in [-0.2, 0) is 4.79 Å². The molecule has 0 spiro atoms. The molecular formula is C10H6O3S2. The van der Waals surface area contributed by atoms with Gasteiger partial charge in [-0.05, 0) is 29.0 Å². The van der Waals surface area contributed by atoms with Crippen LogP contribution < -0.4 is 0 Å². The van der Waals surface area contributed by atoms with Crippen LogP contribution in [0.1, 0.15) is 9.67 Å². The third kappa shape index (κ3) is 1.98. The Morgan fingerprint density at radius 1 is 1.20 bits per heavy atom. The topological polar surface area (TPSA) is 54.4 Å². The summed E-state index contributed by atoms with van der Waals surface area (Å²) in [5.74, 6) is -2.25. The van der Waals surface area contributed by atoms with Crippen molar-refractivity contribution in [2.24, 2.45) is 0 Å². The summed E-state index contributed by atoms with van der Waals surface area (Å²) >= 11 is 2.77. The molecule has 2 aromatic heterocycles. The zero-order chi connectivity index (χ0) is 10.8. The Kier molecular flexibility index (Phi) is 2.66. The summed E-state index contributed by atoms with van der Waals surface area (Å²) in [6, 6.07) is 5.25. The summed E-state index contributed by atoms with van der Waals surface area (Å²) in [6.07, 6.45) is 0. The number of hydrogen-bond donors (Lipinski definition) is 1. The number of hydrogen-bond acceptors (Lipinski definition) is 4. The van der Waals surface area contributed by atoms with Gasteiger partial charge in [0.15, 0.2) is 0 Å². The number of aliphatic carboxylic acids is 1. The zero-order valence-corrected chi connectivity index (χ0v) is 9.10. The molecule has 0 atom stereocenters. The van der Waals surface area contributed by atoms with Gasteiger partial charge >= 0.3 is 5.97 Å². The Morgan fingerprint density at radius 2 is 2.00 bits per heavy atom. The van der Waals surface area contributed by atoms with E-state index in [9.17, 15) is 9.59 Å². The number of carbonyl (C=O) groups excluding carboxylic acids is 1. The summed E-state index contributed by atoms with van der Waals surface area (Å²) in [6.45, 7) is 0. The predicted molar refractivity (Wildman–Crippen MR) is 59.6 cm³/mol. The van der Waals surface area contributed by atoms with Gasteiger partial charge in [0.1, 0.15) is 0 Å². The number of Topliss-reactive ketones (excluding diaryl/α,β-unsaturated/α-hetero) is 1. The van der Waals surface area contributed by atoms with Gasteiger partial charge in [-0.15, -0.1) is 11.3 Å². The van der Waals surface area contributed by atoms with Crippen molar-refractivity contribution in [2.45, 2.75) is 0 Å². The molecule has 0 bridgehead atoms. The van der Waals surface area contributed by atoms with Crippen molar-refractivity contribution in [2.75, 3.05) is 0 Å². The number of carboxylic acids is 1. The molecule has 0 unspecified atom stereocenters. The van der Waals surface area contributed by atoms with E-state index in [2.05, 4.69) is 0 Å². The number of carboxylic acid groups (broad SMARTS) is 1. The van der Waals surface area contributed by atoms with Crippen LogP contribution in [0.4, 0.5) is 0 Å². The van der Waals surface area contributed by atoms with Gasteiger partial charge in [0.25, 0.3) is 5.78 Å². The van der Waals surface area contributed by atoms with Crippen molar-refractivity contribution in [3.63, 3.8) is 0 Å². The van der Waals surface area contributed by atoms with Gasteiger partial charge in [0.05, 0.1) is 4.88 Å². The highest BCUT2D eigenvalue weighted by molar-refractivity contribution is 7.18. The first-order valence-corrected chi connectivity index (χ1v) is 5.84. The van der Waals surface area contributed by atoms with Crippen molar-refractivity contribution in [1.82, 2.24) is 0 Å². The third-order valence-electron chi connectivity index (χ3n) is 1.83. The molecule has 76 valence electrons. The second-order valence-electron chi connectivity index (χ2n) is 2.81. The van der Waals surface area contributed by atoms with E-state index in [1.54, 1.807) is 23.5 Å². The van der Waals surface area contributed by atoms with Gasteiger partial charge in [-0.25, -0.2) is 4.79 Å². The van der Waals surface area contributed by atoms with Crippen LogP contribution in [0.25, 0.3) is 10.4 Å². The minimum atomic E-state index is -1.41. The molecular weight excluding hydrogens is 232 g/mol. The quantitative estimate of drug-likeness (QED) is 0.660. The molecule has 0 aliphatic carbocycles. The highest BCUT2D eigenvalue weighted by Crippen LogP contribution is 2.29. The van der Waals surface area contributed by atoms with Crippen molar-refractivity contribution in [1.29, 1.82) is 0 Å². The number of ketones is 1. The van der Waals surface area contributed by atoms with Crippen LogP contribution in [0, 0.1) is 0 Å². The second-order valence-corrected chi connectivity index (χ2v) is 4.67. The molecule has 0 fully saturated rings. The van der Waals surface area contributed by atoms with E-state index in [0.29, 0.717) is 0 Å². The third-order valence-corrected chi connectivity index (χ3v) is 3.65. The fourth-order valence-electron chi connectivity index (χ4n) is 1.13. The number of thiophene rings is 2. The van der Waals surface area contributed by atoms with E-state index in [1.165, 1.54) is 11.3 Å². The van der Waals surface area contributed by atoms with Crippen LogP contribution in [0.3, 0.4) is 0 Å². The molecule has 0 saturated carbocycles. The molecule has 1 N–H and O–H groups in total. The van der Waals surface area contributed by atoms with Gasteiger partial charge in [-0.2, -0.15) is 11.3 Å². The zero-order valence-electron chi connectivity index (χ0n) is 7.47. The highest BCUT2D eigenvalue weighted by Gasteiger charge is 2.17. The monoisotopic (exact) mass is 238 g/mol. The highest BCUT2D eigenvalue weighted by atomic mass is 32.1. The lowest BCUT2D eigenvalue weighted by atomic mass is 10.2. The smallest absolute Gasteiger partial charge is 0.378 e. The first-order valence-electron chi connectivity index (χ1n) is 4.08. The maximum Gasteiger partial charge on any atom is 0.378 e. The maximum atomic E-state index is 11.1. The molecule has 5 heteroatoms. The summed E-state index contributed by atoms with van der Waals surface area (Å²) in [7, 11) is 0. The number of carbonyl (C=O) groups is 2. The molecule has 0 aliphatic heterocycles. The van der Waals surface area contributed by atoms with Gasteiger partial charge in [0.2, 0.25) is 0 Å². The number of rotatable bonds is 3. The van der Waals surface area contributed by atoms with E-state index in [0.717, 1.165) is 10.4 Å². The van der Waals surface area contributed by atoms with E-state index in [-0.39, 0.29) is 4.88 Å². The van der Waals surface area contributed by atoms with Crippen LogP contribution >= 0.6 is 22.7 Å². The first-order chi connectivity index (χ1) is 7.18. The Morgan fingerprint density at radius 3 is 2.60 bits per heavy atom. The van der Waals surface area contributed by atoms with E-state index < -0.39 is 11.8 Å². The minimum Gasteiger partial charge on any atom is -0.475 e. The van der Waals surface area contributed by atoms with Gasteiger partial charge < -0.3 is 5.11 Å². The van der Waals surface area contributed by atoms with E-state index in [4.69, 9.17) is 5.11 Å². The first kappa shape index (κ1) is 10.1. The average molecular weight is 238 g/mol. The summed E-state index contributed by atoms with van der Waals surface area (Å²) in [4.78, 5) is 22.8. The Balaban J connectivity index is 2.33. The minimum absolute atomic E-state index is 0.267. The van der Waals surface area contributed by atoms with Crippen LogP contribution in [0.2, 0.25) is 0 Å². The Labute approximate surface area is 93.6 Å². The molecule has 15 heavy (non-hydrogen) atoms. The largest absolute Gasteiger partial charge is 0.475 e. The van der Waals surface area contributed by atoms with Crippen molar-refractivity contribution < 1.29 is 14.7 Å². The SMILES string of the molecule is O=C(O)C(=O)c1ccc(-c2ccsc2)s1.